The highest BCUT2D eigenvalue weighted by atomic mass is 32.2. The standard InChI is InChI=1S/C15H18O3S/c1-18-14-2-4-15(5-3-14)19-7-6-11-8-12(16)10-13(17)9-11/h2-5,10-11,16H,6-9H2,1H3. The molecule has 0 saturated heterocycles. The van der Waals surface area contributed by atoms with Gasteiger partial charge >= 0.3 is 0 Å². The minimum absolute atomic E-state index is 0.0446. The van der Waals surface area contributed by atoms with Gasteiger partial charge in [0, 0.05) is 23.8 Å². The Labute approximate surface area is 117 Å². The lowest BCUT2D eigenvalue weighted by Crippen LogP contribution is -2.14. The second-order valence-corrected chi connectivity index (χ2v) is 5.86. The first-order chi connectivity index (χ1) is 9.17. The SMILES string of the molecule is COc1ccc(SCCC2CC(=O)C=C(O)C2)cc1. The molecule has 102 valence electrons. The molecule has 0 heterocycles. The highest BCUT2D eigenvalue weighted by molar-refractivity contribution is 7.99. The van der Waals surface area contributed by atoms with E-state index in [4.69, 9.17) is 4.74 Å². The smallest absolute Gasteiger partial charge is 0.159 e. The third-order valence-electron chi connectivity index (χ3n) is 3.17. The summed E-state index contributed by atoms with van der Waals surface area (Å²) in [5.41, 5.74) is 0. The molecule has 1 aliphatic rings. The molecule has 1 aromatic rings. The van der Waals surface area contributed by atoms with Gasteiger partial charge in [-0.25, -0.2) is 0 Å². The highest BCUT2D eigenvalue weighted by Gasteiger charge is 2.19. The fourth-order valence-corrected chi connectivity index (χ4v) is 3.19. The number of allylic oxidation sites excluding steroid dienone is 2. The van der Waals surface area contributed by atoms with E-state index in [0.29, 0.717) is 12.8 Å². The first-order valence-electron chi connectivity index (χ1n) is 6.36. The molecule has 0 bridgehead atoms. The lowest BCUT2D eigenvalue weighted by molar-refractivity contribution is -0.116. The zero-order valence-corrected chi connectivity index (χ0v) is 11.8. The number of carbonyl (C=O) groups excluding carboxylic acids is 1. The molecule has 0 amide bonds. The van der Waals surface area contributed by atoms with Crippen molar-refractivity contribution in [2.75, 3.05) is 12.9 Å². The fourth-order valence-electron chi connectivity index (χ4n) is 2.18. The van der Waals surface area contributed by atoms with E-state index < -0.39 is 0 Å². The van der Waals surface area contributed by atoms with Gasteiger partial charge < -0.3 is 9.84 Å². The number of ketones is 1. The summed E-state index contributed by atoms with van der Waals surface area (Å²) in [6.45, 7) is 0. The summed E-state index contributed by atoms with van der Waals surface area (Å²) in [4.78, 5) is 12.5. The van der Waals surface area contributed by atoms with Gasteiger partial charge in [-0.3, -0.25) is 4.79 Å². The molecule has 0 aromatic heterocycles. The molecule has 3 nitrogen and oxygen atoms in total. The maximum atomic E-state index is 11.3. The van der Waals surface area contributed by atoms with E-state index in [2.05, 4.69) is 0 Å². The second-order valence-electron chi connectivity index (χ2n) is 4.69. The van der Waals surface area contributed by atoms with Crippen LogP contribution in [0.25, 0.3) is 0 Å². The summed E-state index contributed by atoms with van der Waals surface area (Å²) in [7, 11) is 1.65. The van der Waals surface area contributed by atoms with E-state index in [9.17, 15) is 9.90 Å². The molecule has 19 heavy (non-hydrogen) atoms. The molecule has 0 radical (unpaired) electrons. The third kappa shape index (κ3) is 4.31. The number of benzene rings is 1. The summed E-state index contributed by atoms with van der Waals surface area (Å²) in [5, 5.41) is 9.44. The minimum atomic E-state index is 0.0446. The summed E-state index contributed by atoms with van der Waals surface area (Å²) in [6, 6.07) is 7.96. The molecule has 1 unspecified atom stereocenters. The summed E-state index contributed by atoms with van der Waals surface area (Å²) in [5.74, 6) is 2.37. The maximum absolute atomic E-state index is 11.3. The number of thioether (sulfide) groups is 1. The van der Waals surface area contributed by atoms with Crippen molar-refractivity contribution in [3.63, 3.8) is 0 Å². The van der Waals surface area contributed by atoms with Crippen LogP contribution in [0.1, 0.15) is 19.3 Å². The molecule has 1 atom stereocenters. The third-order valence-corrected chi connectivity index (χ3v) is 4.21. The van der Waals surface area contributed by atoms with Crippen molar-refractivity contribution in [1.29, 1.82) is 0 Å². The van der Waals surface area contributed by atoms with Crippen LogP contribution < -0.4 is 4.74 Å². The predicted molar refractivity (Wildman–Crippen MR) is 76.8 cm³/mol. The zero-order chi connectivity index (χ0) is 13.7. The van der Waals surface area contributed by atoms with Crippen LogP contribution in [0.3, 0.4) is 0 Å². The first-order valence-corrected chi connectivity index (χ1v) is 7.35. The van der Waals surface area contributed by atoms with Crippen molar-refractivity contribution in [1.82, 2.24) is 0 Å². The molecule has 1 aliphatic carbocycles. The Bertz CT molecular complexity index is 465. The van der Waals surface area contributed by atoms with Gasteiger partial charge in [-0.15, -0.1) is 11.8 Å². The van der Waals surface area contributed by atoms with Crippen molar-refractivity contribution >= 4 is 17.5 Å². The molecule has 2 rings (SSSR count). The van der Waals surface area contributed by atoms with E-state index in [1.807, 2.05) is 24.3 Å². The normalized spacial score (nSPS) is 19.1. The van der Waals surface area contributed by atoms with E-state index >= 15 is 0 Å². The number of methoxy groups -OCH3 is 1. The Morgan fingerprint density at radius 3 is 2.68 bits per heavy atom. The Balaban J connectivity index is 1.77. The van der Waals surface area contributed by atoms with E-state index in [1.54, 1.807) is 18.9 Å². The number of rotatable bonds is 5. The first kappa shape index (κ1) is 14.0. The molecular formula is C15H18O3S. The Hall–Kier alpha value is -1.42. The van der Waals surface area contributed by atoms with Crippen molar-refractivity contribution in [2.45, 2.75) is 24.2 Å². The Kier molecular flexibility index (Phi) is 4.91. The number of carbonyl (C=O) groups is 1. The Morgan fingerprint density at radius 2 is 2.05 bits per heavy atom. The van der Waals surface area contributed by atoms with Crippen LogP contribution in [0.5, 0.6) is 5.75 Å². The topological polar surface area (TPSA) is 46.5 Å². The van der Waals surface area contributed by atoms with Gasteiger partial charge in [0.2, 0.25) is 0 Å². The monoisotopic (exact) mass is 278 g/mol. The number of hydrogen-bond donors (Lipinski definition) is 1. The number of aliphatic hydroxyl groups excluding tert-OH is 1. The lowest BCUT2D eigenvalue weighted by Gasteiger charge is -2.18. The van der Waals surface area contributed by atoms with Crippen molar-refractivity contribution < 1.29 is 14.6 Å². The molecule has 0 fully saturated rings. The molecule has 4 heteroatoms. The lowest BCUT2D eigenvalue weighted by atomic mass is 9.90. The molecule has 1 aromatic carbocycles. The van der Waals surface area contributed by atoms with E-state index in [-0.39, 0.29) is 17.5 Å². The Morgan fingerprint density at radius 1 is 1.32 bits per heavy atom. The predicted octanol–water partition coefficient (Wildman–Crippen LogP) is 3.60. The summed E-state index contributed by atoms with van der Waals surface area (Å²) < 4.78 is 5.11. The van der Waals surface area contributed by atoms with Crippen LogP contribution >= 0.6 is 11.8 Å². The van der Waals surface area contributed by atoms with Gasteiger partial charge in [0.25, 0.3) is 0 Å². The fraction of sp³-hybridized carbons (Fsp3) is 0.400. The average molecular weight is 278 g/mol. The number of aliphatic hydroxyl groups is 1. The quantitative estimate of drug-likeness (QED) is 0.836. The van der Waals surface area contributed by atoms with Crippen molar-refractivity contribution in [3.8, 4) is 5.75 Å². The molecular weight excluding hydrogens is 260 g/mol. The summed E-state index contributed by atoms with van der Waals surface area (Å²) >= 11 is 1.77. The largest absolute Gasteiger partial charge is 0.512 e. The van der Waals surface area contributed by atoms with Gasteiger partial charge in [0.05, 0.1) is 12.9 Å². The summed E-state index contributed by atoms with van der Waals surface area (Å²) in [6.07, 6.45) is 3.50. The van der Waals surface area contributed by atoms with Crippen molar-refractivity contribution in [3.05, 3.63) is 36.1 Å². The zero-order valence-electron chi connectivity index (χ0n) is 11.0. The van der Waals surface area contributed by atoms with Gasteiger partial charge in [0.1, 0.15) is 5.75 Å². The van der Waals surface area contributed by atoms with Crippen LogP contribution in [0.15, 0.2) is 41.0 Å². The highest BCUT2D eigenvalue weighted by Crippen LogP contribution is 2.28. The maximum Gasteiger partial charge on any atom is 0.159 e. The van der Waals surface area contributed by atoms with Crippen LogP contribution in [-0.2, 0) is 4.79 Å². The van der Waals surface area contributed by atoms with Crippen LogP contribution in [0, 0.1) is 5.92 Å². The van der Waals surface area contributed by atoms with Crippen LogP contribution in [0.4, 0.5) is 0 Å². The number of ether oxygens (including phenoxy) is 1. The molecule has 0 saturated carbocycles. The van der Waals surface area contributed by atoms with Gasteiger partial charge in [0.15, 0.2) is 5.78 Å². The second kappa shape index (κ2) is 6.66. The number of hydrogen-bond acceptors (Lipinski definition) is 4. The van der Waals surface area contributed by atoms with E-state index in [1.165, 1.54) is 11.0 Å². The average Bonchev–Trinajstić information content (AvgIpc) is 2.38. The van der Waals surface area contributed by atoms with Crippen molar-refractivity contribution in [2.24, 2.45) is 5.92 Å². The molecule has 0 aliphatic heterocycles. The van der Waals surface area contributed by atoms with Gasteiger partial charge in [-0.1, -0.05) is 0 Å². The molecule has 1 N–H and O–H groups in total. The van der Waals surface area contributed by atoms with Gasteiger partial charge in [-0.05, 0) is 42.4 Å². The molecule has 0 spiro atoms. The van der Waals surface area contributed by atoms with Crippen LogP contribution in [-0.4, -0.2) is 23.8 Å². The van der Waals surface area contributed by atoms with E-state index in [0.717, 1.165) is 17.9 Å². The minimum Gasteiger partial charge on any atom is -0.512 e. The van der Waals surface area contributed by atoms with Crippen LogP contribution in [0.2, 0.25) is 0 Å². The van der Waals surface area contributed by atoms with Gasteiger partial charge in [-0.2, -0.15) is 0 Å².